The predicted molar refractivity (Wildman–Crippen MR) is 100 cm³/mol. The number of hydrogen-bond donors (Lipinski definition) is 2. The van der Waals surface area contributed by atoms with Gasteiger partial charge in [-0.05, 0) is 51.0 Å². The van der Waals surface area contributed by atoms with Crippen molar-refractivity contribution < 1.29 is 14.3 Å². The van der Waals surface area contributed by atoms with Gasteiger partial charge in [0.1, 0.15) is 22.3 Å². The second kappa shape index (κ2) is 8.77. The molecule has 0 aliphatic rings. The number of rotatable bonds is 5. The van der Waals surface area contributed by atoms with Gasteiger partial charge in [-0.2, -0.15) is 0 Å². The lowest BCUT2D eigenvalue weighted by atomic mass is 10.2. The maximum Gasteiger partial charge on any atom is 0.407 e. The van der Waals surface area contributed by atoms with Crippen LogP contribution in [0.1, 0.15) is 48.2 Å². The minimum atomic E-state index is -0.594. The molecule has 0 atom stereocenters. The fourth-order valence-corrected chi connectivity index (χ4v) is 2.25. The van der Waals surface area contributed by atoms with E-state index in [0.29, 0.717) is 11.4 Å². The average Bonchev–Trinajstić information content (AvgIpc) is 2.57. The predicted octanol–water partition coefficient (Wildman–Crippen LogP) is 2.79. The van der Waals surface area contributed by atoms with Crippen LogP contribution in [-0.4, -0.2) is 32.6 Å². The SMILES string of the molecule is Cc1cnc(CNC(=O)c2cc(CNC(=O)OC(C)(C)C)cc(Cl)n2)nc1. The van der Waals surface area contributed by atoms with Crippen LogP contribution in [-0.2, 0) is 17.8 Å². The van der Waals surface area contributed by atoms with E-state index in [2.05, 4.69) is 25.6 Å². The van der Waals surface area contributed by atoms with Crippen molar-refractivity contribution in [2.24, 2.45) is 0 Å². The third kappa shape index (κ3) is 7.18. The number of nitrogens with one attached hydrogen (secondary N) is 2. The van der Waals surface area contributed by atoms with Gasteiger partial charge < -0.3 is 15.4 Å². The Morgan fingerprint density at radius 3 is 2.41 bits per heavy atom. The summed E-state index contributed by atoms with van der Waals surface area (Å²) in [5, 5.41) is 5.45. The lowest BCUT2D eigenvalue weighted by Crippen LogP contribution is -2.32. The molecule has 2 N–H and O–H groups in total. The summed E-state index contributed by atoms with van der Waals surface area (Å²) >= 11 is 5.99. The molecule has 0 aromatic carbocycles. The van der Waals surface area contributed by atoms with Gasteiger partial charge in [0, 0.05) is 18.9 Å². The number of aryl methyl sites for hydroxylation is 1. The molecular formula is C18H22ClN5O3. The first-order chi connectivity index (χ1) is 12.6. The first kappa shape index (κ1) is 20.6. The van der Waals surface area contributed by atoms with Gasteiger partial charge in [0.25, 0.3) is 5.91 Å². The molecular weight excluding hydrogens is 370 g/mol. The van der Waals surface area contributed by atoms with E-state index in [1.165, 1.54) is 0 Å². The molecule has 0 saturated carbocycles. The molecule has 2 rings (SSSR count). The van der Waals surface area contributed by atoms with Gasteiger partial charge in [0.2, 0.25) is 0 Å². The minimum Gasteiger partial charge on any atom is -0.444 e. The Morgan fingerprint density at radius 1 is 1.11 bits per heavy atom. The highest BCUT2D eigenvalue weighted by molar-refractivity contribution is 6.29. The van der Waals surface area contributed by atoms with Gasteiger partial charge in [0.05, 0.1) is 6.54 Å². The van der Waals surface area contributed by atoms with E-state index in [4.69, 9.17) is 16.3 Å². The van der Waals surface area contributed by atoms with Crippen LogP contribution in [0, 0.1) is 6.92 Å². The van der Waals surface area contributed by atoms with Crippen molar-refractivity contribution in [2.75, 3.05) is 0 Å². The zero-order valence-corrected chi connectivity index (χ0v) is 16.4. The van der Waals surface area contributed by atoms with Crippen LogP contribution in [0.3, 0.4) is 0 Å². The summed E-state index contributed by atoms with van der Waals surface area (Å²) in [6.07, 6.45) is 2.79. The fraction of sp³-hybridized carbons (Fsp3) is 0.389. The first-order valence-electron chi connectivity index (χ1n) is 8.31. The molecule has 9 heteroatoms. The van der Waals surface area contributed by atoms with Crippen LogP contribution in [0.25, 0.3) is 0 Å². The van der Waals surface area contributed by atoms with E-state index in [-0.39, 0.29) is 23.9 Å². The highest BCUT2D eigenvalue weighted by atomic mass is 35.5. The van der Waals surface area contributed by atoms with Gasteiger partial charge in [-0.15, -0.1) is 0 Å². The second-order valence-corrected chi connectivity index (χ2v) is 7.29. The van der Waals surface area contributed by atoms with Gasteiger partial charge in [-0.1, -0.05) is 11.6 Å². The standard InChI is InChI=1S/C18H22ClN5O3/c1-11-7-20-15(21-8-11)10-22-16(25)13-5-12(6-14(19)24-13)9-23-17(26)27-18(2,3)4/h5-8H,9-10H2,1-4H3,(H,22,25)(H,23,26). The smallest absolute Gasteiger partial charge is 0.407 e. The molecule has 0 saturated heterocycles. The maximum atomic E-state index is 12.3. The molecule has 2 aromatic rings. The fourth-order valence-electron chi connectivity index (χ4n) is 2.02. The van der Waals surface area contributed by atoms with E-state index in [9.17, 15) is 9.59 Å². The van der Waals surface area contributed by atoms with E-state index in [0.717, 1.165) is 5.56 Å². The van der Waals surface area contributed by atoms with E-state index in [1.807, 2.05) is 6.92 Å². The van der Waals surface area contributed by atoms with Crippen molar-refractivity contribution >= 4 is 23.6 Å². The molecule has 0 spiro atoms. The van der Waals surface area contributed by atoms with Crippen LogP contribution in [0.5, 0.6) is 0 Å². The molecule has 2 aromatic heterocycles. The Kier molecular flexibility index (Phi) is 6.68. The minimum absolute atomic E-state index is 0.135. The number of hydrogen-bond acceptors (Lipinski definition) is 6. The number of pyridine rings is 1. The van der Waals surface area contributed by atoms with Crippen molar-refractivity contribution in [2.45, 2.75) is 46.4 Å². The Bertz CT molecular complexity index is 819. The average molecular weight is 392 g/mol. The van der Waals surface area contributed by atoms with E-state index < -0.39 is 17.6 Å². The summed E-state index contributed by atoms with van der Waals surface area (Å²) in [5.74, 6) is 0.0722. The number of carbonyl (C=O) groups is 2. The number of carbonyl (C=O) groups excluding carboxylic acids is 2. The first-order valence-corrected chi connectivity index (χ1v) is 8.69. The molecule has 144 valence electrons. The highest BCUT2D eigenvalue weighted by Gasteiger charge is 2.16. The van der Waals surface area contributed by atoms with Crippen molar-refractivity contribution in [1.29, 1.82) is 0 Å². The normalized spacial score (nSPS) is 11.0. The third-order valence-corrected chi connectivity index (χ3v) is 3.36. The Morgan fingerprint density at radius 2 is 1.78 bits per heavy atom. The van der Waals surface area contributed by atoms with Crippen LogP contribution in [0.15, 0.2) is 24.5 Å². The number of aromatic nitrogens is 3. The lowest BCUT2D eigenvalue weighted by molar-refractivity contribution is 0.0523. The van der Waals surface area contributed by atoms with Crippen LogP contribution in [0.4, 0.5) is 4.79 Å². The number of alkyl carbamates (subject to hydrolysis) is 1. The number of nitrogens with zero attached hydrogens (tertiary/aromatic N) is 3. The van der Waals surface area contributed by atoms with Crippen molar-refractivity contribution in [3.8, 4) is 0 Å². The molecule has 0 bridgehead atoms. The monoisotopic (exact) mass is 391 g/mol. The molecule has 0 aliphatic carbocycles. The van der Waals surface area contributed by atoms with Gasteiger partial charge in [-0.25, -0.2) is 19.7 Å². The number of ether oxygens (including phenoxy) is 1. The summed E-state index contributed by atoms with van der Waals surface area (Å²) in [6.45, 7) is 7.52. The lowest BCUT2D eigenvalue weighted by Gasteiger charge is -2.19. The third-order valence-electron chi connectivity index (χ3n) is 3.16. The molecule has 0 radical (unpaired) electrons. The Hall–Kier alpha value is -2.74. The molecule has 8 nitrogen and oxygen atoms in total. The summed E-state index contributed by atoms with van der Waals surface area (Å²) in [7, 11) is 0. The number of halogens is 1. The van der Waals surface area contributed by atoms with Crippen molar-refractivity contribution in [1.82, 2.24) is 25.6 Å². The summed E-state index contributed by atoms with van der Waals surface area (Å²) in [6, 6.07) is 3.12. The topological polar surface area (TPSA) is 106 Å². The van der Waals surface area contributed by atoms with Gasteiger partial charge in [0.15, 0.2) is 0 Å². The van der Waals surface area contributed by atoms with E-state index in [1.54, 1.807) is 45.3 Å². The molecule has 27 heavy (non-hydrogen) atoms. The summed E-state index contributed by atoms with van der Waals surface area (Å²) < 4.78 is 5.17. The van der Waals surface area contributed by atoms with Crippen molar-refractivity contribution in [3.05, 3.63) is 52.3 Å². The molecule has 2 amide bonds. The quantitative estimate of drug-likeness (QED) is 0.759. The number of amides is 2. The maximum absolute atomic E-state index is 12.3. The highest BCUT2D eigenvalue weighted by Crippen LogP contribution is 2.12. The summed E-state index contributed by atoms with van der Waals surface area (Å²) in [5.41, 5.74) is 1.10. The van der Waals surface area contributed by atoms with Crippen LogP contribution >= 0.6 is 11.6 Å². The largest absolute Gasteiger partial charge is 0.444 e. The summed E-state index contributed by atoms with van der Waals surface area (Å²) in [4.78, 5) is 36.3. The van der Waals surface area contributed by atoms with Crippen LogP contribution < -0.4 is 10.6 Å². The second-order valence-electron chi connectivity index (χ2n) is 6.90. The molecule has 0 aliphatic heterocycles. The molecule has 0 fully saturated rings. The van der Waals surface area contributed by atoms with Gasteiger partial charge >= 0.3 is 6.09 Å². The van der Waals surface area contributed by atoms with E-state index >= 15 is 0 Å². The van der Waals surface area contributed by atoms with Crippen LogP contribution in [0.2, 0.25) is 5.15 Å². The Balaban J connectivity index is 1.97. The zero-order chi connectivity index (χ0) is 20.0. The van der Waals surface area contributed by atoms with Crippen molar-refractivity contribution in [3.63, 3.8) is 0 Å². The van der Waals surface area contributed by atoms with Gasteiger partial charge in [-0.3, -0.25) is 4.79 Å². The zero-order valence-electron chi connectivity index (χ0n) is 15.7. The molecule has 0 unspecified atom stereocenters. The Labute approximate surface area is 162 Å². The molecule has 2 heterocycles.